The maximum absolute atomic E-state index is 3.51. The van der Waals surface area contributed by atoms with E-state index in [1.807, 2.05) is 0 Å². The molecule has 0 aliphatic carbocycles. The first-order chi connectivity index (χ1) is 6.03. The van der Waals surface area contributed by atoms with Crippen LogP contribution in [-0.4, -0.2) is 9.52 Å². The van der Waals surface area contributed by atoms with Crippen LogP contribution in [0.15, 0.2) is 28.7 Å². The second kappa shape index (κ2) is 4.42. The van der Waals surface area contributed by atoms with Crippen LogP contribution < -0.4 is 5.19 Å². The maximum Gasteiger partial charge on any atom is 0.0604 e. The highest BCUT2D eigenvalue weighted by atomic mass is 79.9. The molecule has 13 heavy (non-hydrogen) atoms. The summed E-state index contributed by atoms with van der Waals surface area (Å²) in [4.78, 5) is 0. The molecule has 0 nitrogen and oxygen atoms in total. The molecular formula is C11H17BrSi. The van der Waals surface area contributed by atoms with Crippen LogP contribution in [0.25, 0.3) is 0 Å². The molecule has 0 aromatic heterocycles. The van der Waals surface area contributed by atoms with Gasteiger partial charge in [-0.1, -0.05) is 60.4 Å². The molecule has 0 unspecified atom stereocenters. The Kier molecular flexibility index (Phi) is 3.74. The minimum absolute atomic E-state index is 0.135. The van der Waals surface area contributed by atoms with Gasteiger partial charge in [0.15, 0.2) is 0 Å². The van der Waals surface area contributed by atoms with Gasteiger partial charge in [0.05, 0.1) is 9.52 Å². The molecule has 0 spiro atoms. The molecule has 0 saturated heterocycles. The van der Waals surface area contributed by atoms with E-state index < -0.39 is 0 Å². The Hall–Kier alpha value is -0.0831. The quantitative estimate of drug-likeness (QED) is 0.730. The number of halogens is 1. The lowest BCUT2D eigenvalue weighted by Crippen LogP contribution is -2.24. The van der Waals surface area contributed by atoms with Gasteiger partial charge in [-0.3, -0.25) is 0 Å². The van der Waals surface area contributed by atoms with Crippen LogP contribution in [0.4, 0.5) is 0 Å². The van der Waals surface area contributed by atoms with Gasteiger partial charge in [-0.05, 0) is 17.2 Å². The van der Waals surface area contributed by atoms with E-state index in [0.29, 0.717) is 5.04 Å². The summed E-state index contributed by atoms with van der Waals surface area (Å²) in [5, 5.41) is 2.11. The molecule has 0 aliphatic heterocycles. The molecule has 1 aromatic rings. The van der Waals surface area contributed by atoms with Crippen LogP contribution in [0.1, 0.15) is 27.2 Å². The fraction of sp³-hybridized carbons (Fsp3) is 0.455. The molecule has 0 heterocycles. The Labute approximate surface area is 91.7 Å². The molecule has 72 valence electrons. The van der Waals surface area contributed by atoms with Crippen molar-refractivity contribution in [1.82, 2.24) is 0 Å². The van der Waals surface area contributed by atoms with Crippen molar-refractivity contribution in [3.63, 3.8) is 0 Å². The fourth-order valence-electron chi connectivity index (χ4n) is 1.32. The molecule has 0 saturated carbocycles. The molecule has 0 amide bonds. The topological polar surface area (TPSA) is 0 Å². The first kappa shape index (κ1) is 11.0. The summed E-state index contributed by atoms with van der Waals surface area (Å²) in [5.74, 6) is 0. The van der Waals surface area contributed by atoms with Crippen LogP contribution in [0, 0.1) is 0 Å². The lowest BCUT2D eigenvalue weighted by atomic mass is 10.1. The largest absolute Gasteiger partial charge is 0.0653 e. The fourth-order valence-corrected chi connectivity index (χ4v) is 4.00. The van der Waals surface area contributed by atoms with E-state index in [1.54, 1.807) is 5.19 Å². The van der Waals surface area contributed by atoms with E-state index >= 15 is 0 Å². The summed E-state index contributed by atoms with van der Waals surface area (Å²) < 4.78 is 1.21. The molecule has 1 rings (SSSR count). The van der Waals surface area contributed by atoms with Gasteiger partial charge in [-0.15, -0.1) is 0 Å². The second-order valence-electron chi connectivity index (χ2n) is 4.32. The highest BCUT2D eigenvalue weighted by Crippen LogP contribution is 2.26. The summed E-state index contributed by atoms with van der Waals surface area (Å²) in [6.45, 7) is 7.03. The van der Waals surface area contributed by atoms with E-state index in [2.05, 4.69) is 61.0 Å². The Morgan fingerprint density at radius 3 is 2.62 bits per heavy atom. The Morgan fingerprint density at radius 2 is 2.08 bits per heavy atom. The number of rotatable bonds is 3. The van der Waals surface area contributed by atoms with Crippen molar-refractivity contribution in [3.05, 3.63) is 28.7 Å². The molecule has 1 aromatic carbocycles. The van der Waals surface area contributed by atoms with Crippen LogP contribution in [-0.2, 0) is 0 Å². The Bertz CT molecular complexity index is 281. The van der Waals surface area contributed by atoms with Crippen molar-refractivity contribution in [2.75, 3.05) is 0 Å². The minimum atomic E-state index is -0.135. The van der Waals surface area contributed by atoms with Crippen LogP contribution >= 0.6 is 15.9 Å². The Morgan fingerprint density at radius 1 is 1.38 bits per heavy atom. The third-order valence-corrected chi connectivity index (χ3v) is 5.33. The molecule has 0 aliphatic rings. The summed E-state index contributed by atoms with van der Waals surface area (Å²) >= 11 is 3.51. The molecular weight excluding hydrogens is 240 g/mol. The van der Waals surface area contributed by atoms with Gasteiger partial charge in [0.2, 0.25) is 0 Å². The third kappa shape index (κ3) is 3.65. The van der Waals surface area contributed by atoms with Crippen molar-refractivity contribution in [1.29, 1.82) is 0 Å². The van der Waals surface area contributed by atoms with Crippen molar-refractivity contribution in [3.8, 4) is 0 Å². The predicted octanol–water partition coefficient (Wildman–Crippen LogP) is 2.85. The lowest BCUT2D eigenvalue weighted by Gasteiger charge is -2.21. The monoisotopic (exact) mass is 256 g/mol. The van der Waals surface area contributed by atoms with Crippen molar-refractivity contribution < 1.29 is 0 Å². The van der Waals surface area contributed by atoms with Crippen molar-refractivity contribution >= 4 is 30.6 Å². The molecule has 0 radical (unpaired) electrons. The van der Waals surface area contributed by atoms with Gasteiger partial charge in [-0.2, -0.15) is 0 Å². The highest BCUT2D eigenvalue weighted by molar-refractivity contribution is 9.10. The molecule has 0 N–H and O–H groups in total. The summed E-state index contributed by atoms with van der Waals surface area (Å²) in [5.41, 5.74) is 0. The van der Waals surface area contributed by atoms with E-state index in [1.165, 1.54) is 10.9 Å². The second-order valence-corrected chi connectivity index (χ2v) is 8.32. The van der Waals surface area contributed by atoms with E-state index in [0.717, 1.165) is 0 Å². The summed E-state index contributed by atoms with van der Waals surface area (Å²) in [6, 6.07) is 8.76. The van der Waals surface area contributed by atoms with Gasteiger partial charge in [0, 0.05) is 4.47 Å². The molecule has 0 fully saturated rings. The van der Waals surface area contributed by atoms with Gasteiger partial charge < -0.3 is 0 Å². The van der Waals surface area contributed by atoms with E-state index in [-0.39, 0.29) is 9.52 Å². The average molecular weight is 257 g/mol. The van der Waals surface area contributed by atoms with E-state index in [4.69, 9.17) is 0 Å². The van der Waals surface area contributed by atoms with Crippen molar-refractivity contribution in [2.24, 2.45) is 0 Å². The van der Waals surface area contributed by atoms with Crippen LogP contribution in [0.5, 0.6) is 0 Å². The highest BCUT2D eigenvalue weighted by Gasteiger charge is 2.16. The Balaban J connectivity index is 2.74. The first-order valence-electron chi connectivity index (χ1n) is 4.78. The molecule has 2 heteroatoms. The number of benzene rings is 1. The zero-order valence-electron chi connectivity index (χ0n) is 8.60. The van der Waals surface area contributed by atoms with Gasteiger partial charge in [0.25, 0.3) is 0 Å². The standard InChI is InChI=1S/C11H17BrSi/c1-4-11(2,3)13-10-7-5-6-9(12)8-10/h5-8H,4,13H2,1-3H3. The summed E-state index contributed by atoms with van der Waals surface area (Å²) in [7, 11) is -0.135. The van der Waals surface area contributed by atoms with Crippen LogP contribution in [0.3, 0.4) is 0 Å². The lowest BCUT2D eigenvalue weighted by molar-refractivity contribution is 0.648. The maximum atomic E-state index is 3.51. The normalized spacial score (nSPS) is 12.6. The smallest absolute Gasteiger partial charge is 0.0604 e. The molecule has 0 bridgehead atoms. The van der Waals surface area contributed by atoms with Gasteiger partial charge in [-0.25, -0.2) is 0 Å². The van der Waals surface area contributed by atoms with Gasteiger partial charge >= 0.3 is 0 Å². The predicted molar refractivity (Wildman–Crippen MR) is 66.7 cm³/mol. The average Bonchev–Trinajstić information content (AvgIpc) is 2.03. The molecule has 0 atom stereocenters. The zero-order chi connectivity index (χ0) is 9.90. The number of hydrogen-bond acceptors (Lipinski definition) is 0. The van der Waals surface area contributed by atoms with Crippen molar-refractivity contribution in [2.45, 2.75) is 32.2 Å². The summed E-state index contributed by atoms with van der Waals surface area (Å²) in [6.07, 6.45) is 1.28. The third-order valence-electron chi connectivity index (χ3n) is 2.53. The van der Waals surface area contributed by atoms with E-state index in [9.17, 15) is 0 Å². The first-order valence-corrected chi connectivity index (χ1v) is 6.99. The van der Waals surface area contributed by atoms with Crippen LogP contribution in [0.2, 0.25) is 5.04 Å². The SMILES string of the molecule is CCC(C)(C)[SiH2]c1cccc(Br)c1. The minimum Gasteiger partial charge on any atom is -0.0653 e. The number of hydrogen-bond donors (Lipinski definition) is 0. The van der Waals surface area contributed by atoms with Gasteiger partial charge in [0.1, 0.15) is 0 Å². The zero-order valence-corrected chi connectivity index (χ0v) is 11.6.